The van der Waals surface area contributed by atoms with Gasteiger partial charge in [-0.05, 0) is 24.7 Å². The largest absolute Gasteiger partial charge is 0.354 e. The number of anilines is 4. The van der Waals surface area contributed by atoms with E-state index in [1.54, 1.807) is 24.5 Å². The molecule has 0 saturated carbocycles. The third-order valence-electron chi connectivity index (χ3n) is 5.97. The second kappa shape index (κ2) is 9.76. The zero-order valence-corrected chi connectivity index (χ0v) is 21.2. The standard InChI is InChI=1S/C24H27N7O2S2/c1-3-30-10-12-31(13-11-30)22-9-8-17(14-25-22)27-24-26-15-21-23(28-24)19(16-34-21)18-6-4-5-7-20(18)29-35(2,32)33/h4-9,14-16,29H,3,10-13H2,1-2H3,(H,26,27,28). The molecule has 182 valence electrons. The highest BCUT2D eigenvalue weighted by Crippen LogP contribution is 2.37. The summed E-state index contributed by atoms with van der Waals surface area (Å²) in [6.07, 6.45) is 4.72. The minimum absolute atomic E-state index is 0.455. The van der Waals surface area contributed by atoms with Gasteiger partial charge in [-0.1, -0.05) is 25.1 Å². The number of hydrogen-bond acceptors (Lipinski definition) is 9. The number of piperazine rings is 1. The predicted molar refractivity (Wildman–Crippen MR) is 143 cm³/mol. The van der Waals surface area contributed by atoms with E-state index in [2.05, 4.69) is 36.7 Å². The molecule has 0 unspecified atom stereocenters. The quantitative estimate of drug-likeness (QED) is 0.385. The third kappa shape index (κ3) is 5.37. The maximum atomic E-state index is 11.8. The van der Waals surface area contributed by atoms with E-state index < -0.39 is 10.0 Å². The van der Waals surface area contributed by atoms with Gasteiger partial charge < -0.3 is 15.1 Å². The Balaban J connectivity index is 1.37. The van der Waals surface area contributed by atoms with Crippen LogP contribution < -0.4 is 14.9 Å². The van der Waals surface area contributed by atoms with Crippen LogP contribution in [0.15, 0.2) is 54.2 Å². The molecule has 3 aromatic heterocycles. The highest BCUT2D eigenvalue weighted by Gasteiger charge is 2.17. The van der Waals surface area contributed by atoms with Crippen molar-refractivity contribution in [2.45, 2.75) is 6.92 Å². The predicted octanol–water partition coefficient (Wildman–Crippen LogP) is 4.01. The molecule has 11 heteroatoms. The van der Waals surface area contributed by atoms with Crippen molar-refractivity contribution in [2.75, 3.05) is 53.9 Å². The number of pyridine rings is 1. The Kier molecular flexibility index (Phi) is 6.54. The monoisotopic (exact) mass is 509 g/mol. The second-order valence-electron chi connectivity index (χ2n) is 8.43. The summed E-state index contributed by atoms with van der Waals surface area (Å²) < 4.78 is 27.2. The number of fused-ring (bicyclic) bond motifs is 1. The molecule has 0 bridgehead atoms. The topological polar surface area (TPSA) is 103 Å². The molecule has 1 fully saturated rings. The molecule has 1 saturated heterocycles. The molecule has 1 aromatic carbocycles. The Labute approximate surface area is 208 Å². The van der Waals surface area contributed by atoms with Crippen molar-refractivity contribution < 1.29 is 8.42 Å². The first kappa shape index (κ1) is 23.5. The number of hydrogen-bond donors (Lipinski definition) is 2. The highest BCUT2D eigenvalue weighted by atomic mass is 32.2. The maximum Gasteiger partial charge on any atom is 0.229 e. The number of nitrogens with zero attached hydrogens (tertiary/aromatic N) is 5. The number of para-hydroxylation sites is 1. The summed E-state index contributed by atoms with van der Waals surface area (Å²) >= 11 is 1.52. The lowest BCUT2D eigenvalue weighted by Gasteiger charge is -2.34. The van der Waals surface area contributed by atoms with Crippen molar-refractivity contribution in [1.29, 1.82) is 0 Å². The van der Waals surface area contributed by atoms with Crippen LogP contribution in [0.2, 0.25) is 0 Å². The van der Waals surface area contributed by atoms with E-state index in [0.29, 0.717) is 11.6 Å². The van der Waals surface area contributed by atoms with E-state index in [1.165, 1.54) is 11.3 Å². The summed E-state index contributed by atoms with van der Waals surface area (Å²) in [5.74, 6) is 1.43. The summed E-state index contributed by atoms with van der Waals surface area (Å²) in [5, 5.41) is 5.22. The van der Waals surface area contributed by atoms with Gasteiger partial charge in [-0.3, -0.25) is 4.72 Å². The minimum Gasteiger partial charge on any atom is -0.354 e. The van der Waals surface area contributed by atoms with E-state index in [9.17, 15) is 8.42 Å². The SMILES string of the molecule is CCN1CCN(c2ccc(Nc3ncc4scc(-c5ccccc5NS(C)(=O)=O)c4n3)cn2)CC1. The molecule has 5 rings (SSSR count). The van der Waals surface area contributed by atoms with E-state index in [0.717, 1.165) is 71.8 Å². The number of likely N-dealkylation sites (N-methyl/N-ethyl adjacent to an activating group) is 1. The van der Waals surface area contributed by atoms with Crippen LogP contribution in [0.1, 0.15) is 6.92 Å². The number of thiophene rings is 1. The Hall–Kier alpha value is -3.28. The first-order valence-electron chi connectivity index (χ1n) is 11.4. The molecule has 1 aliphatic heterocycles. The molecule has 0 spiro atoms. The zero-order chi connectivity index (χ0) is 24.4. The molecule has 0 atom stereocenters. The van der Waals surface area contributed by atoms with Gasteiger partial charge in [-0.2, -0.15) is 0 Å². The van der Waals surface area contributed by atoms with Gasteiger partial charge in [0.15, 0.2) is 0 Å². The van der Waals surface area contributed by atoms with Crippen molar-refractivity contribution in [1.82, 2.24) is 19.9 Å². The number of aromatic nitrogens is 3. The average Bonchev–Trinajstić information content (AvgIpc) is 3.27. The van der Waals surface area contributed by atoms with Crippen LogP contribution in [0.3, 0.4) is 0 Å². The van der Waals surface area contributed by atoms with Crippen LogP contribution in [0.25, 0.3) is 21.3 Å². The molecule has 35 heavy (non-hydrogen) atoms. The lowest BCUT2D eigenvalue weighted by molar-refractivity contribution is 0.270. The van der Waals surface area contributed by atoms with Crippen molar-refractivity contribution in [3.63, 3.8) is 0 Å². The summed E-state index contributed by atoms with van der Waals surface area (Å²) in [7, 11) is -3.41. The summed E-state index contributed by atoms with van der Waals surface area (Å²) in [6, 6.07) is 11.3. The van der Waals surface area contributed by atoms with Gasteiger partial charge in [-0.25, -0.2) is 23.4 Å². The van der Waals surface area contributed by atoms with E-state index >= 15 is 0 Å². The van der Waals surface area contributed by atoms with E-state index in [4.69, 9.17) is 4.98 Å². The van der Waals surface area contributed by atoms with Gasteiger partial charge in [-0.15, -0.1) is 11.3 Å². The van der Waals surface area contributed by atoms with Crippen molar-refractivity contribution in [3.05, 3.63) is 54.2 Å². The van der Waals surface area contributed by atoms with Crippen molar-refractivity contribution in [3.8, 4) is 11.1 Å². The smallest absolute Gasteiger partial charge is 0.229 e. The van der Waals surface area contributed by atoms with Gasteiger partial charge >= 0.3 is 0 Å². The molecule has 9 nitrogen and oxygen atoms in total. The van der Waals surface area contributed by atoms with Crippen molar-refractivity contribution in [2.24, 2.45) is 0 Å². The molecule has 0 radical (unpaired) electrons. The average molecular weight is 510 g/mol. The second-order valence-corrected chi connectivity index (χ2v) is 11.1. The Morgan fingerprint density at radius 1 is 1.00 bits per heavy atom. The molecule has 2 N–H and O–H groups in total. The van der Waals surface area contributed by atoms with Crippen LogP contribution in [0, 0.1) is 0 Å². The van der Waals surface area contributed by atoms with E-state index in [-0.39, 0.29) is 0 Å². The normalized spacial score (nSPS) is 14.9. The number of benzene rings is 1. The summed E-state index contributed by atoms with van der Waals surface area (Å²) in [4.78, 5) is 18.6. The fraction of sp³-hybridized carbons (Fsp3) is 0.292. The molecular weight excluding hydrogens is 482 g/mol. The van der Waals surface area contributed by atoms with Gasteiger partial charge in [0, 0.05) is 42.7 Å². The van der Waals surface area contributed by atoms with Crippen LogP contribution >= 0.6 is 11.3 Å². The summed E-state index contributed by atoms with van der Waals surface area (Å²) in [5.41, 5.74) is 3.69. The molecule has 4 aromatic rings. The minimum atomic E-state index is -3.41. The number of nitrogens with one attached hydrogen (secondary N) is 2. The molecular formula is C24H27N7O2S2. The van der Waals surface area contributed by atoms with Gasteiger partial charge in [0.25, 0.3) is 0 Å². The lowest BCUT2D eigenvalue weighted by Crippen LogP contribution is -2.46. The molecule has 0 amide bonds. The van der Waals surface area contributed by atoms with Crippen LogP contribution in [-0.2, 0) is 10.0 Å². The molecule has 4 heterocycles. The van der Waals surface area contributed by atoms with E-state index in [1.807, 2.05) is 29.6 Å². The number of rotatable bonds is 7. The van der Waals surface area contributed by atoms with Crippen LogP contribution in [-0.4, -0.2) is 67.2 Å². The van der Waals surface area contributed by atoms with Crippen molar-refractivity contribution >= 4 is 54.7 Å². The van der Waals surface area contributed by atoms with Crippen LogP contribution in [0.5, 0.6) is 0 Å². The van der Waals surface area contributed by atoms with Crippen LogP contribution in [0.4, 0.5) is 23.1 Å². The Bertz CT molecular complexity index is 1430. The number of sulfonamides is 1. The van der Waals surface area contributed by atoms with Gasteiger partial charge in [0.05, 0.1) is 40.2 Å². The Morgan fingerprint density at radius 3 is 2.51 bits per heavy atom. The first-order chi connectivity index (χ1) is 16.9. The van der Waals surface area contributed by atoms with Gasteiger partial charge in [0.1, 0.15) is 5.82 Å². The fourth-order valence-corrected chi connectivity index (χ4v) is 5.60. The fourth-order valence-electron chi connectivity index (χ4n) is 4.16. The highest BCUT2D eigenvalue weighted by molar-refractivity contribution is 7.92. The molecule has 1 aliphatic rings. The Morgan fingerprint density at radius 2 is 1.80 bits per heavy atom. The third-order valence-corrected chi connectivity index (χ3v) is 7.47. The summed E-state index contributed by atoms with van der Waals surface area (Å²) in [6.45, 7) is 7.34. The van der Waals surface area contributed by atoms with Gasteiger partial charge in [0.2, 0.25) is 16.0 Å². The lowest BCUT2D eigenvalue weighted by atomic mass is 10.1. The first-order valence-corrected chi connectivity index (χ1v) is 14.2. The molecule has 0 aliphatic carbocycles. The zero-order valence-electron chi connectivity index (χ0n) is 19.6. The maximum absolute atomic E-state index is 11.8.